The molecule has 142 valence electrons. The van der Waals surface area contributed by atoms with Gasteiger partial charge in [0.15, 0.2) is 0 Å². The molecule has 0 spiro atoms. The van der Waals surface area contributed by atoms with E-state index < -0.39 is 0 Å². The molecule has 0 saturated heterocycles. The van der Waals surface area contributed by atoms with Crippen LogP contribution in [0.25, 0.3) is 11.1 Å². The van der Waals surface area contributed by atoms with E-state index in [2.05, 4.69) is 16.0 Å². The molecule has 0 bridgehead atoms. The van der Waals surface area contributed by atoms with E-state index in [0.717, 1.165) is 11.1 Å². The molecule has 27 heavy (non-hydrogen) atoms. The quantitative estimate of drug-likeness (QED) is 0.624. The van der Waals surface area contributed by atoms with Crippen LogP contribution >= 0.6 is 0 Å². The molecule has 3 N–H and O–H groups in total. The Morgan fingerprint density at radius 2 is 1.37 bits per heavy atom. The number of benzene rings is 2. The van der Waals surface area contributed by atoms with Gasteiger partial charge in [-0.3, -0.25) is 14.4 Å². The zero-order chi connectivity index (χ0) is 19.6. The average molecular weight is 367 g/mol. The summed E-state index contributed by atoms with van der Waals surface area (Å²) in [5.74, 6) is -0.759. The monoisotopic (exact) mass is 367 g/mol. The second-order valence-corrected chi connectivity index (χ2v) is 6.42. The van der Waals surface area contributed by atoms with Crippen molar-refractivity contribution in [3.05, 3.63) is 60.2 Å². The fraction of sp³-hybridized carbons (Fsp3) is 0.286. The highest BCUT2D eigenvalue weighted by Gasteiger charge is 2.09. The highest BCUT2D eigenvalue weighted by Crippen LogP contribution is 2.19. The molecule has 0 aliphatic heterocycles. The Morgan fingerprint density at radius 1 is 0.778 bits per heavy atom. The minimum atomic E-state index is -0.308. The van der Waals surface area contributed by atoms with Crippen molar-refractivity contribution in [2.75, 3.05) is 19.6 Å². The largest absolute Gasteiger partial charge is 0.354 e. The van der Waals surface area contributed by atoms with Gasteiger partial charge >= 0.3 is 0 Å². The Morgan fingerprint density at radius 3 is 2.00 bits per heavy atom. The van der Waals surface area contributed by atoms with Crippen molar-refractivity contribution in [2.45, 2.75) is 13.8 Å². The molecule has 3 amide bonds. The molecule has 0 fully saturated rings. The molecule has 0 aliphatic rings. The molecule has 2 aromatic carbocycles. The van der Waals surface area contributed by atoms with Crippen molar-refractivity contribution in [2.24, 2.45) is 5.92 Å². The fourth-order valence-electron chi connectivity index (χ4n) is 2.36. The lowest BCUT2D eigenvalue weighted by atomic mass is 10.0. The summed E-state index contributed by atoms with van der Waals surface area (Å²) in [6.07, 6.45) is 0. The second-order valence-electron chi connectivity index (χ2n) is 6.42. The fourth-order valence-corrected chi connectivity index (χ4v) is 2.36. The average Bonchev–Trinajstić information content (AvgIpc) is 2.70. The summed E-state index contributed by atoms with van der Waals surface area (Å²) in [6.45, 7) is 4.17. The predicted molar refractivity (Wildman–Crippen MR) is 105 cm³/mol. The maximum Gasteiger partial charge on any atom is 0.251 e. The Balaban J connectivity index is 1.73. The third kappa shape index (κ3) is 6.58. The number of nitrogens with one attached hydrogen (secondary N) is 3. The minimum Gasteiger partial charge on any atom is -0.354 e. The lowest BCUT2D eigenvalue weighted by Gasteiger charge is -2.09. The van der Waals surface area contributed by atoms with Crippen LogP contribution in [0.3, 0.4) is 0 Å². The minimum absolute atomic E-state index is 0.0588. The van der Waals surface area contributed by atoms with Crippen LogP contribution in [0.1, 0.15) is 24.2 Å². The standard InChI is InChI=1S/C21H25N3O3/c1-15(2)20(26)23-13-12-22-19(25)14-24-21(27)18-10-8-17(9-11-18)16-6-4-3-5-7-16/h3-11,15H,12-14H2,1-2H3,(H,22,25)(H,23,26)(H,24,27). The molecule has 0 radical (unpaired) electrons. The lowest BCUT2D eigenvalue weighted by Crippen LogP contribution is -2.41. The Hall–Kier alpha value is -3.15. The Labute approximate surface area is 159 Å². The van der Waals surface area contributed by atoms with Gasteiger partial charge < -0.3 is 16.0 Å². The van der Waals surface area contributed by atoms with Gasteiger partial charge in [-0.1, -0.05) is 56.3 Å². The number of rotatable bonds is 8. The summed E-state index contributed by atoms with van der Waals surface area (Å²) in [5, 5.41) is 7.94. The van der Waals surface area contributed by atoms with Crippen molar-refractivity contribution in [3.63, 3.8) is 0 Å². The van der Waals surface area contributed by atoms with E-state index in [9.17, 15) is 14.4 Å². The second kappa shape index (κ2) is 10.1. The molecule has 6 heteroatoms. The molecule has 0 saturated carbocycles. The summed E-state index contributed by atoms with van der Waals surface area (Å²) in [4.78, 5) is 35.3. The molecular formula is C21H25N3O3. The van der Waals surface area contributed by atoms with Crippen molar-refractivity contribution in [1.82, 2.24) is 16.0 Å². The summed E-state index contributed by atoms with van der Waals surface area (Å²) >= 11 is 0. The third-order valence-corrected chi connectivity index (χ3v) is 3.93. The molecule has 0 aliphatic carbocycles. The van der Waals surface area contributed by atoms with E-state index in [4.69, 9.17) is 0 Å². The topological polar surface area (TPSA) is 87.3 Å². The molecule has 0 aromatic heterocycles. The van der Waals surface area contributed by atoms with Gasteiger partial charge in [0.2, 0.25) is 11.8 Å². The zero-order valence-electron chi connectivity index (χ0n) is 15.6. The van der Waals surface area contributed by atoms with Gasteiger partial charge in [-0.15, -0.1) is 0 Å². The first kappa shape index (κ1) is 20.2. The molecule has 0 atom stereocenters. The van der Waals surface area contributed by atoms with Crippen LogP contribution in [0.2, 0.25) is 0 Å². The number of hydrogen-bond donors (Lipinski definition) is 3. The van der Waals surface area contributed by atoms with Gasteiger partial charge in [-0.05, 0) is 23.3 Å². The first-order valence-corrected chi connectivity index (χ1v) is 8.95. The molecule has 6 nitrogen and oxygen atoms in total. The van der Waals surface area contributed by atoms with E-state index in [1.807, 2.05) is 42.5 Å². The first-order valence-electron chi connectivity index (χ1n) is 8.95. The molecule has 0 unspecified atom stereocenters. The maximum atomic E-state index is 12.1. The van der Waals surface area contributed by atoms with Crippen molar-refractivity contribution in [1.29, 1.82) is 0 Å². The van der Waals surface area contributed by atoms with Crippen molar-refractivity contribution >= 4 is 17.7 Å². The number of hydrogen-bond acceptors (Lipinski definition) is 3. The molecule has 0 heterocycles. The van der Waals surface area contributed by atoms with Crippen LogP contribution in [0.15, 0.2) is 54.6 Å². The number of carbonyl (C=O) groups is 3. The van der Waals surface area contributed by atoms with E-state index in [-0.39, 0.29) is 30.2 Å². The normalized spacial score (nSPS) is 10.3. The van der Waals surface area contributed by atoms with Crippen LogP contribution in [0, 0.1) is 5.92 Å². The van der Waals surface area contributed by atoms with Gasteiger partial charge in [-0.2, -0.15) is 0 Å². The van der Waals surface area contributed by atoms with Gasteiger partial charge in [0, 0.05) is 24.6 Å². The summed E-state index contributed by atoms with van der Waals surface area (Å²) in [5.41, 5.74) is 2.59. The highest BCUT2D eigenvalue weighted by molar-refractivity contribution is 5.96. The molecule has 2 rings (SSSR count). The Kier molecular flexibility index (Phi) is 7.55. The number of amides is 3. The number of carbonyl (C=O) groups excluding carboxylic acids is 3. The van der Waals surface area contributed by atoms with E-state index in [1.165, 1.54) is 0 Å². The Bertz CT molecular complexity index is 771. The summed E-state index contributed by atoms with van der Waals surface area (Å²) < 4.78 is 0. The van der Waals surface area contributed by atoms with E-state index in [1.54, 1.807) is 26.0 Å². The highest BCUT2D eigenvalue weighted by atomic mass is 16.2. The maximum absolute atomic E-state index is 12.1. The lowest BCUT2D eigenvalue weighted by molar-refractivity contribution is -0.124. The predicted octanol–water partition coefficient (Wildman–Crippen LogP) is 1.97. The van der Waals surface area contributed by atoms with Crippen LogP contribution in [-0.4, -0.2) is 37.4 Å². The zero-order valence-corrected chi connectivity index (χ0v) is 15.6. The molecule has 2 aromatic rings. The summed E-state index contributed by atoms with van der Waals surface area (Å²) in [6, 6.07) is 17.1. The van der Waals surface area contributed by atoms with Gasteiger partial charge in [0.05, 0.1) is 6.54 Å². The SMILES string of the molecule is CC(C)C(=O)NCCNC(=O)CNC(=O)c1ccc(-c2ccccc2)cc1. The van der Waals surface area contributed by atoms with Crippen LogP contribution in [0.4, 0.5) is 0 Å². The van der Waals surface area contributed by atoms with Crippen LogP contribution in [0.5, 0.6) is 0 Å². The van der Waals surface area contributed by atoms with Crippen LogP contribution in [-0.2, 0) is 9.59 Å². The van der Waals surface area contributed by atoms with Crippen LogP contribution < -0.4 is 16.0 Å². The van der Waals surface area contributed by atoms with E-state index >= 15 is 0 Å². The summed E-state index contributed by atoms with van der Waals surface area (Å²) in [7, 11) is 0. The van der Waals surface area contributed by atoms with Crippen molar-refractivity contribution in [3.8, 4) is 11.1 Å². The van der Waals surface area contributed by atoms with Gasteiger partial charge in [0.1, 0.15) is 0 Å². The van der Waals surface area contributed by atoms with Crippen molar-refractivity contribution < 1.29 is 14.4 Å². The smallest absolute Gasteiger partial charge is 0.251 e. The van der Waals surface area contributed by atoms with Gasteiger partial charge in [0.25, 0.3) is 5.91 Å². The first-order chi connectivity index (χ1) is 13.0. The van der Waals surface area contributed by atoms with Gasteiger partial charge in [-0.25, -0.2) is 0 Å². The van der Waals surface area contributed by atoms with E-state index in [0.29, 0.717) is 18.7 Å². The third-order valence-electron chi connectivity index (χ3n) is 3.93. The molecular weight excluding hydrogens is 342 g/mol.